The maximum atomic E-state index is 12.3. The summed E-state index contributed by atoms with van der Waals surface area (Å²) in [5.74, 6) is -0.543. The molecule has 0 aliphatic rings. The molecule has 1 N–H and O–H groups in total. The summed E-state index contributed by atoms with van der Waals surface area (Å²) in [6.45, 7) is 0.403. The van der Waals surface area contributed by atoms with Gasteiger partial charge >= 0.3 is 6.36 Å². The maximum Gasteiger partial charge on any atom is 0.573 e. The molecule has 1 aromatic heterocycles. The Morgan fingerprint density at radius 1 is 0.966 bits per heavy atom. The predicted molar refractivity (Wildman–Crippen MR) is 97.1 cm³/mol. The molecular formula is C20H16F3N3O3. The lowest BCUT2D eigenvalue weighted by atomic mass is 10.2. The average molecular weight is 403 g/mol. The van der Waals surface area contributed by atoms with E-state index in [1.54, 1.807) is 0 Å². The molecule has 0 saturated heterocycles. The fourth-order valence-electron chi connectivity index (χ4n) is 2.36. The third-order valence-electron chi connectivity index (χ3n) is 3.71. The van der Waals surface area contributed by atoms with Gasteiger partial charge < -0.3 is 14.8 Å². The van der Waals surface area contributed by atoms with Gasteiger partial charge in [-0.15, -0.1) is 13.2 Å². The minimum absolute atomic E-state index is 0.106. The molecule has 0 aliphatic carbocycles. The molecule has 0 radical (unpaired) electrons. The number of carbonyl (C=O) groups excluding carboxylic acids is 1. The van der Waals surface area contributed by atoms with Crippen LogP contribution in [-0.4, -0.2) is 22.2 Å². The van der Waals surface area contributed by atoms with E-state index in [1.165, 1.54) is 36.7 Å². The number of ether oxygens (including phenoxy) is 2. The molecule has 1 heterocycles. The van der Waals surface area contributed by atoms with Gasteiger partial charge in [0.1, 0.15) is 24.4 Å². The number of benzene rings is 2. The van der Waals surface area contributed by atoms with Crippen LogP contribution in [0.5, 0.6) is 11.6 Å². The molecule has 0 spiro atoms. The highest BCUT2D eigenvalue weighted by molar-refractivity contribution is 5.92. The van der Waals surface area contributed by atoms with Crippen LogP contribution in [0.1, 0.15) is 21.6 Å². The van der Waals surface area contributed by atoms with E-state index in [0.29, 0.717) is 12.2 Å². The predicted octanol–water partition coefficient (Wildman–Crippen LogP) is 3.88. The van der Waals surface area contributed by atoms with Gasteiger partial charge in [0.05, 0.1) is 0 Å². The largest absolute Gasteiger partial charge is 0.573 e. The lowest BCUT2D eigenvalue weighted by Crippen LogP contribution is -2.24. The van der Waals surface area contributed by atoms with Crippen LogP contribution in [0.4, 0.5) is 13.2 Å². The van der Waals surface area contributed by atoms with Crippen LogP contribution in [0.25, 0.3) is 0 Å². The van der Waals surface area contributed by atoms with Crippen LogP contribution in [0.3, 0.4) is 0 Å². The molecule has 0 aliphatic heterocycles. The Balaban J connectivity index is 1.54. The Kier molecular flexibility index (Phi) is 6.28. The number of nitrogens with one attached hydrogen (secondary N) is 1. The first kappa shape index (κ1) is 20.1. The topological polar surface area (TPSA) is 73.3 Å². The van der Waals surface area contributed by atoms with Crippen LogP contribution in [-0.2, 0) is 13.2 Å². The smallest absolute Gasteiger partial charge is 0.473 e. The molecule has 29 heavy (non-hydrogen) atoms. The SMILES string of the molecule is O=C(NCc1ccc(OC(F)(F)F)cc1)c1cc(OCc2ccccc2)ncn1. The van der Waals surface area contributed by atoms with Crippen molar-refractivity contribution in [2.45, 2.75) is 19.5 Å². The summed E-state index contributed by atoms with van der Waals surface area (Å²) >= 11 is 0. The van der Waals surface area contributed by atoms with Crippen molar-refractivity contribution in [2.75, 3.05) is 0 Å². The number of hydrogen-bond acceptors (Lipinski definition) is 5. The van der Waals surface area contributed by atoms with Gasteiger partial charge in [-0.2, -0.15) is 0 Å². The lowest BCUT2D eigenvalue weighted by molar-refractivity contribution is -0.274. The molecule has 1 amide bonds. The van der Waals surface area contributed by atoms with Gasteiger partial charge in [-0.05, 0) is 23.3 Å². The molecule has 2 aromatic carbocycles. The number of halogens is 3. The van der Waals surface area contributed by atoms with E-state index < -0.39 is 12.3 Å². The van der Waals surface area contributed by atoms with E-state index in [0.717, 1.165) is 5.56 Å². The molecule has 150 valence electrons. The Labute approximate surface area is 164 Å². The number of hydrogen-bond donors (Lipinski definition) is 1. The van der Waals surface area contributed by atoms with Gasteiger partial charge in [0, 0.05) is 12.6 Å². The second kappa shape index (κ2) is 9.05. The first-order chi connectivity index (χ1) is 13.9. The third-order valence-corrected chi connectivity index (χ3v) is 3.71. The summed E-state index contributed by atoms with van der Waals surface area (Å²) in [4.78, 5) is 20.2. The Morgan fingerprint density at radius 3 is 2.38 bits per heavy atom. The number of alkyl halides is 3. The van der Waals surface area contributed by atoms with Gasteiger partial charge in [0.2, 0.25) is 5.88 Å². The van der Waals surface area contributed by atoms with Gasteiger partial charge in [-0.25, -0.2) is 9.97 Å². The zero-order chi connectivity index (χ0) is 20.7. The minimum Gasteiger partial charge on any atom is -0.473 e. The molecule has 3 rings (SSSR count). The van der Waals surface area contributed by atoms with Crippen molar-refractivity contribution < 1.29 is 27.4 Å². The number of rotatable bonds is 7. The molecule has 3 aromatic rings. The van der Waals surface area contributed by atoms with E-state index in [9.17, 15) is 18.0 Å². The van der Waals surface area contributed by atoms with Crippen molar-refractivity contribution in [2.24, 2.45) is 0 Å². The van der Waals surface area contributed by atoms with Crippen molar-refractivity contribution in [3.05, 3.63) is 83.8 Å². The van der Waals surface area contributed by atoms with Gasteiger partial charge in [-0.3, -0.25) is 4.79 Å². The molecule has 0 unspecified atom stereocenters. The third kappa shape index (κ3) is 6.49. The number of amides is 1. The second-order valence-electron chi connectivity index (χ2n) is 5.89. The fourth-order valence-corrected chi connectivity index (χ4v) is 2.36. The van der Waals surface area contributed by atoms with Crippen molar-refractivity contribution in [1.82, 2.24) is 15.3 Å². The Morgan fingerprint density at radius 2 is 1.69 bits per heavy atom. The average Bonchev–Trinajstić information content (AvgIpc) is 2.71. The Bertz CT molecular complexity index is 948. The summed E-state index contributed by atoms with van der Waals surface area (Å²) in [6.07, 6.45) is -3.53. The molecule has 0 saturated carbocycles. The first-order valence-corrected chi connectivity index (χ1v) is 8.51. The zero-order valence-electron chi connectivity index (χ0n) is 15.0. The van der Waals surface area contributed by atoms with E-state index in [1.807, 2.05) is 30.3 Å². The van der Waals surface area contributed by atoms with Crippen molar-refractivity contribution in [3.8, 4) is 11.6 Å². The van der Waals surface area contributed by atoms with Gasteiger partial charge in [0.25, 0.3) is 5.91 Å². The quantitative estimate of drug-likeness (QED) is 0.648. The minimum atomic E-state index is -4.75. The lowest BCUT2D eigenvalue weighted by Gasteiger charge is -2.10. The number of carbonyl (C=O) groups is 1. The fraction of sp³-hybridized carbons (Fsp3) is 0.150. The molecule has 0 atom stereocenters. The maximum absolute atomic E-state index is 12.3. The van der Waals surface area contributed by atoms with Crippen LogP contribution < -0.4 is 14.8 Å². The van der Waals surface area contributed by atoms with Crippen LogP contribution in [0, 0.1) is 0 Å². The standard InChI is InChI=1S/C20H16F3N3O3/c21-20(22,23)29-16-8-6-14(7-9-16)11-24-19(27)17-10-18(26-13-25-17)28-12-15-4-2-1-3-5-15/h1-10,13H,11-12H2,(H,24,27). The van der Waals surface area contributed by atoms with Crippen LogP contribution >= 0.6 is 0 Å². The van der Waals surface area contributed by atoms with Gasteiger partial charge in [-0.1, -0.05) is 42.5 Å². The molecule has 9 heteroatoms. The van der Waals surface area contributed by atoms with Crippen molar-refractivity contribution >= 4 is 5.91 Å². The highest BCUT2D eigenvalue weighted by atomic mass is 19.4. The first-order valence-electron chi connectivity index (χ1n) is 8.51. The Hall–Kier alpha value is -3.62. The molecule has 0 fully saturated rings. The van der Waals surface area contributed by atoms with E-state index in [-0.39, 0.29) is 23.9 Å². The van der Waals surface area contributed by atoms with E-state index >= 15 is 0 Å². The molecule has 6 nitrogen and oxygen atoms in total. The van der Waals surface area contributed by atoms with Crippen molar-refractivity contribution in [3.63, 3.8) is 0 Å². The van der Waals surface area contributed by atoms with Crippen molar-refractivity contribution in [1.29, 1.82) is 0 Å². The summed E-state index contributed by atoms with van der Waals surface area (Å²) in [5, 5.41) is 2.64. The summed E-state index contributed by atoms with van der Waals surface area (Å²) < 4.78 is 45.9. The highest BCUT2D eigenvalue weighted by Crippen LogP contribution is 2.22. The summed E-state index contributed by atoms with van der Waals surface area (Å²) in [6, 6.07) is 16.1. The second-order valence-corrected chi connectivity index (χ2v) is 5.89. The highest BCUT2D eigenvalue weighted by Gasteiger charge is 2.30. The van der Waals surface area contributed by atoms with Crippen LogP contribution in [0.2, 0.25) is 0 Å². The van der Waals surface area contributed by atoms with E-state index in [4.69, 9.17) is 4.74 Å². The number of aromatic nitrogens is 2. The van der Waals surface area contributed by atoms with E-state index in [2.05, 4.69) is 20.0 Å². The normalized spacial score (nSPS) is 11.0. The number of nitrogens with zero attached hydrogens (tertiary/aromatic N) is 2. The zero-order valence-corrected chi connectivity index (χ0v) is 15.0. The molecule has 0 bridgehead atoms. The monoisotopic (exact) mass is 403 g/mol. The summed E-state index contributed by atoms with van der Waals surface area (Å²) in [7, 11) is 0. The summed E-state index contributed by atoms with van der Waals surface area (Å²) in [5.41, 5.74) is 1.66. The molecular weight excluding hydrogens is 387 g/mol. The van der Waals surface area contributed by atoms with Crippen LogP contribution in [0.15, 0.2) is 67.0 Å². The van der Waals surface area contributed by atoms with Gasteiger partial charge in [0.15, 0.2) is 0 Å².